The maximum absolute atomic E-state index is 13.6. The molecule has 4 rings (SSSR count). The van der Waals surface area contributed by atoms with Crippen LogP contribution in [0.3, 0.4) is 0 Å². The van der Waals surface area contributed by atoms with E-state index in [1.54, 1.807) is 48.5 Å². The predicted molar refractivity (Wildman–Crippen MR) is 135 cm³/mol. The van der Waals surface area contributed by atoms with Gasteiger partial charge in [0.15, 0.2) is 12.6 Å². The molecule has 0 bridgehead atoms. The number of rotatable bonds is 9. The Morgan fingerprint density at radius 3 is 2.21 bits per heavy atom. The number of nitrogens with zero attached hydrogens (tertiary/aromatic N) is 1. The maximum atomic E-state index is 13.6. The fourth-order valence-corrected chi connectivity index (χ4v) is 5.61. The van der Waals surface area contributed by atoms with Crippen LogP contribution >= 0.6 is 30.2 Å². The van der Waals surface area contributed by atoms with Crippen molar-refractivity contribution < 1.29 is 23.1 Å². The van der Waals surface area contributed by atoms with E-state index in [9.17, 15) is 14.2 Å². The molecule has 0 aliphatic carbocycles. The molecule has 0 radical (unpaired) electrons. The summed E-state index contributed by atoms with van der Waals surface area (Å²) in [5.41, 5.74) is -0.478. The number of aryl methyl sites for hydroxylation is 1. The van der Waals surface area contributed by atoms with Gasteiger partial charge < -0.3 is 18.5 Å². The van der Waals surface area contributed by atoms with Crippen molar-refractivity contribution in [3.8, 4) is 11.5 Å². The average molecular weight is 598 g/mol. The maximum Gasteiger partial charge on any atom is 0.456 e. The third-order valence-electron chi connectivity index (χ3n) is 5.12. The van der Waals surface area contributed by atoms with E-state index >= 15 is 0 Å². The summed E-state index contributed by atoms with van der Waals surface area (Å²) in [6.45, 7) is 1.83. The molecule has 0 spiro atoms. The van der Waals surface area contributed by atoms with Crippen LogP contribution in [0.5, 0.6) is 11.5 Å². The average Bonchev–Trinajstić information content (AvgIpc) is 3.19. The minimum absolute atomic E-state index is 0.145. The van der Waals surface area contributed by atoms with E-state index in [4.69, 9.17) is 18.5 Å². The summed E-state index contributed by atoms with van der Waals surface area (Å²) in [6.07, 6.45) is 0.692. The Labute approximate surface area is 209 Å². The van der Waals surface area contributed by atoms with Crippen molar-refractivity contribution in [3.05, 3.63) is 93.3 Å². The second-order valence-corrected chi connectivity index (χ2v) is 11.0. The molecule has 180 valence electrons. The first-order valence-electron chi connectivity index (χ1n) is 10.7. The zero-order valence-electron chi connectivity index (χ0n) is 18.3. The summed E-state index contributed by atoms with van der Waals surface area (Å²) in [4.78, 5) is 26.5. The highest BCUT2D eigenvalue weighted by Crippen LogP contribution is 2.49. The van der Waals surface area contributed by atoms with Crippen molar-refractivity contribution in [2.45, 2.75) is 36.2 Å². The topological polar surface area (TPSA) is 109 Å². The molecule has 1 aliphatic rings. The van der Waals surface area contributed by atoms with Crippen LogP contribution in [0, 0.1) is 0 Å². The summed E-state index contributed by atoms with van der Waals surface area (Å²) in [5.74, 6) is 0.766. The Kier molecular flexibility index (Phi) is 7.92. The van der Waals surface area contributed by atoms with Gasteiger partial charge in [0, 0.05) is 18.2 Å². The van der Waals surface area contributed by atoms with E-state index in [0.29, 0.717) is 29.9 Å². The molecular formula is C23H24IN2O7P. The molecule has 0 amide bonds. The van der Waals surface area contributed by atoms with Gasteiger partial charge in [0.05, 0.1) is 3.92 Å². The molecule has 3 aromatic rings. The largest absolute Gasteiger partial charge is 0.456 e. The number of para-hydroxylation sites is 2. The molecular weight excluding hydrogens is 574 g/mol. The molecule has 1 N–H and O–H groups in total. The lowest BCUT2D eigenvalue weighted by Gasteiger charge is -2.23. The third-order valence-corrected chi connectivity index (χ3v) is 7.66. The Hall–Kier alpha value is -2.40. The van der Waals surface area contributed by atoms with Crippen LogP contribution in [0.2, 0.25) is 0 Å². The van der Waals surface area contributed by atoms with E-state index in [0.717, 1.165) is 0 Å². The number of alkyl halides is 1. The Bertz CT molecular complexity index is 1220. The van der Waals surface area contributed by atoms with Crippen LogP contribution in [0.25, 0.3) is 0 Å². The van der Waals surface area contributed by atoms with Gasteiger partial charge in [-0.2, -0.15) is 0 Å². The number of aromatic amines is 1. The molecule has 2 heterocycles. The minimum Gasteiger partial charge on any atom is -0.415 e. The lowest BCUT2D eigenvalue weighted by molar-refractivity contribution is -0.138. The van der Waals surface area contributed by atoms with E-state index in [1.165, 1.54) is 10.8 Å². The van der Waals surface area contributed by atoms with Gasteiger partial charge in [0.2, 0.25) is 0 Å². The lowest BCUT2D eigenvalue weighted by atomic mass is 10.2. The SMILES string of the molecule is CCc1cn([C@H]2C[C@H](I)[C@@H](OCP(=O)(Oc3ccccc3)Oc3ccccc3)O2)c(=O)[nH]c1=O. The van der Waals surface area contributed by atoms with Gasteiger partial charge in [0.1, 0.15) is 17.7 Å². The molecule has 0 unspecified atom stereocenters. The molecule has 1 saturated heterocycles. The molecule has 1 fully saturated rings. The fraction of sp³-hybridized carbons (Fsp3) is 0.304. The van der Waals surface area contributed by atoms with Crippen LogP contribution in [0.1, 0.15) is 25.1 Å². The van der Waals surface area contributed by atoms with Crippen molar-refractivity contribution in [2.75, 3.05) is 6.35 Å². The van der Waals surface area contributed by atoms with Gasteiger partial charge >= 0.3 is 13.3 Å². The van der Waals surface area contributed by atoms with Crippen molar-refractivity contribution >= 4 is 30.2 Å². The number of H-pyrrole nitrogens is 1. The molecule has 1 aromatic heterocycles. The van der Waals surface area contributed by atoms with Crippen LogP contribution in [0.15, 0.2) is 76.4 Å². The highest BCUT2D eigenvalue weighted by Gasteiger charge is 2.39. The van der Waals surface area contributed by atoms with Crippen LogP contribution < -0.4 is 20.3 Å². The summed E-state index contributed by atoms with van der Waals surface area (Å²) in [6, 6.07) is 17.4. The molecule has 1 aliphatic heterocycles. The first kappa shape index (κ1) is 24.7. The van der Waals surface area contributed by atoms with Gasteiger partial charge in [-0.1, -0.05) is 65.9 Å². The summed E-state index contributed by atoms with van der Waals surface area (Å²) in [5, 5.41) is 0. The van der Waals surface area contributed by atoms with E-state index in [1.807, 2.05) is 19.1 Å². The van der Waals surface area contributed by atoms with Crippen LogP contribution in [-0.2, 0) is 20.5 Å². The first-order chi connectivity index (χ1) is 16.4. The molecule has 11 heteroatoms. The van der Waals surface area contributed by atoms with Crippen molar-refractivity contribution in [2.24, 2.45) is 0 Å². The molecule has 9 nitrogen and oxygen atoms in total. The quantitative estimate of drug-likeness (QED) is 0.220. The zero-order valence-corrected chi connectivity index (χ0v) is 21.4. The van der Waals surface area contributed by atoms with Gasteiger partial charge in [0.25, 0.3) is 5.56 Å². The molecule has 2 aromatic carbocycles. The molecule has 3 atom stereocenters. The highest BCUT2D eigenvalue weighted by atomic mass is 127. The monoisotopic (exact) mass is 598 g/mol. The lowest BCUT2D eigenvalue weighted by Crippen LogP contribution is -2.34. The second kappa shape index (κ2) is 10.9. The number of benzene rings is 2. The van der Waals surface area contributed by atoms with E-state index in [-0.39, 0.29) is 10.3 Å². The van der Waals surface area contributed by atoms with Crippen LogP contribution in [0.4, 0.5) is 0 Å². The fourth-order valence-electron chi connectivity index (χ4n) is 3.44. The minimum atomic E-state index is -3.78. The zero-order chi connectivity index (χ0) is 24.1. The van der Waals surface area contributed by atoms with Gasteiger partial charge in [-0.05, 0) is 30.7 Å². The van der Waals surface area contributed by atoms with Crippen molar-refractivity contribution in [1.82, 2.24) is 9.55 Å². The summed E-state index contributed by atoms with van der Waals surface area (Å²) in [7, 11) is -3.78. The number of nitrogens with one attached hydrogen (secondary N) is 1. The second-order valence-electron chi connectivity index (χ2n) is 7.60. The number of halogens is 1. The number of hydrogen-bond acceptors (Lipinski definition) is 7. The Morgan fingerprint density at radius 1 is 1.06 bits per heavy atom. The Morgan fingerprint density at radius 2 is 1.65 bits per heavy atom. The van der Waals surface area contributed by atoms with Crippen molar-refractivity contribution in [1.29, 1.82) is 0 Å². The van der Waals surface area contributed by atoms with Gasteiger partial charge in [-0.15, -0.1) is 0 Å². The molecule has 0 saturated carbocycles. The number of hydrogen-bond donors (Lipinski definition) is 1. The van der Waals surface area contributed by atoms with Gasteiger partial charge in [-0.25, -0.2) is 9.36 Å². The Balaban J connectivity index is 1.49. The van der Waals surface area contributed by atoms with Crippen molar-refractivity contribution in [3.63, 3.8) is 0 Å². The summed E-state index contributed by atoms with van der Waals surface area (Å²) < 4.78 is 38.1. The van der Waals surface area contributed by atoms with E-state index in [2.05, 4.69) is 27.6 Å². The smallest absolute Gasteiger partial charge is 0.415 e. The van der Waals surface area contributed by atoms with Gasteiger partial charge in [-0.3, -0.25) is 14.3 Å². The standard InChI is InChI=1S/C23H24IN2O7P/c1-2-16-14-26(23(28)25-21(16)27)20-13-19(24)22(31-20)30-15-34(29,32-17-9-5-3-6-10-17)33-18-11-7-4-8-12-18/h3-12,14,19-20,22H,2,13,15H2,1H3,(H,25,27,28)/t19-,20+,22-/m0/s1. The highest BCUT2D eigenvalue weighted by molar-refractivity contribution is 14.1. The van der Waals surface area contributed by atoms with Crippen LogP contribution in [-0.4, -0.2) is 26.1 Å². The summed E-state index contributed by atoms with van der Waals surface area (Å²) >= 11 is 2.16. The molecule has 34 heavy (non-hydrogen) atoms. The number of ether oxygens (including phenoxy) is 2. The third kappa shape index (κ3) is 5.99. The number of aromatic nitrogens is 2. The first-order valence-corrected chi connectivity index (χ1v) is 13.7. The predicted octanol–water partition coefficient (Wildman–Crippen LogP) is 4.47. The van der Waals surface area contributed by atoms with E-state index < -0.39 is 31.4 Å². The normalized spacial score (nSPS) is 20.2.